The Morgan fingerprint density at radius 1 is 1.55 bits per heavy atom. The molecule has 1 heterocycles. The van der Waals surface area contributed by atoms with Crippen molar-refractivity contribution in [2.75, 3.05) is 0 Å². The monoisotopic (exact) mass is 172 g/mol. The molecular weight excluding hydrogens is 168 g/mol. The number of oxime groups is 1. The van der Waals surface area contributed by atoms with Gasteiger partial charge in [-0.1, -0.05) is 16.8 Å². The van der Waals surface area contributed by atoms with E-state index in [0.717, 1.165) is 0 Å². The van der Waals surface area contributed by atoms with Crippen molar-refractivity contribution in [3.05, 3.63) is 24.0 Å². The minimum Gasteiger partial charge on any atom is -0.506 e. The van der Waals surface area contributed by atoms with Crippen molar-refractivity contribution in [1.82, 2.24) is 4.98 Å². The molecule has 0 aromatic carbocycles. The molecule has 0 unspecified atom stereocenters. The van der Waals surface area contributed by atoms with E-state index in [1.807, 2.05) is 0 Å². The van der Waals surface area contributed by atoms with Gasteiger partial charge in [0.15, 0.2) is 5.17 Å². The molecule has 0 fully saturated rings. The Hall–Kier alpha value is -1.29. The van der Waals surface area contributed by atoms with Crippen LogP contribution in [0.4, 0.5) is 0 Å². The van der Waals surface area contributed by atoms with Gasteiger partial charge in [0.05, 0.1) is 6.20 Å². The van der Waals surface area contributed by atoms with Gasteiger partial charge in [0, 0.05) is 0 Å². The highest BCUT2D eigenvalue weighted by Crippen LogP contribution is 2.07. The standard InChI is InChI=1S/C6H5ClN2O2/c7-6(9-11)5-2-1-4(10)3-8-5/h1-3,10-11H/b9-6-. The fourth-order valence-corrected chi connectivity index (χ4v) is 0.671. The molecule has 11 heavy (non-hydrogen) atoms. The van der Waals surface area contributed by atoms with Crippen LogP contribution >= 0.6 is 11.6 Å². The molecule has 2 N–H and O–H groups in total. The van der Waals surface area contributed by atoms with Crippen LogP contribution in [0.3, 0.4) is 0 Å². The van der Waals surface area contributed by atoms with E-state index in [1.165, 1.54) is 18.3 Å². The fourth-order valence-electron chi connectivity index (χ4n) is 0.559. The van der Waals surface area contributed by atoms with E-state index in [1.54, 1.807) is 0 Å². The van der Waals surface area contributed by atoms with Crippen molar-refractivity contribution >= 4 is 16.8 Å². The van der Waals surface area contributed by atoms with Gasteiger partial charge < -0.3 is 10.3 Å². The Bertz CT molecular complexity index is 270. The van der Waals surface area contributed by atoms with Gasteiger partial charge in [0.1, 0.15) is 11.4 Å². The Labute approximate surface area is 67.8 Å². The fraction of sp³-hybridized carbons (Fsp3) is 0. The minimum absolute atomic E-state index is 0.0381. The van der Waals surface area contributed by atoms with Gasteiger partial charge in [-0.2, -0.15) is 0 Å². The molecule has 0 bridgehead atoms. The third-order valence-corrected chi connectivity index (χ3v) is 1.32. The lowest BCUT2D eigenvalue weighted by atomic mass is 10.3. The van der Waals surface area contributed by atoms with Gasteiger partial charge in [-0.05, 0) is 12.1 Å². The van der Waals surface area contributed by atoms with Gasteiger partial charge in [0.2, 0.25) is 0 Å². The van der Waals surface area contributed by atoms with E-state index < -0.39 is 0 Å². The normalized spacial score (nSPS) is 11.5. The highest BCUT2D eigenvalue weighted by molar-refractivity contribution is 6.69. The molecule has 1 aromatic rings. The molecule has 0 spiro atoms. The highest BCUT2D eigenvalue weighted by Gasteiger charge is 2.00. The molecule has 0 saturated heterocycles. The lowest BCUT2D eigenvalue weighted by Gasteiger charge is -1.93. The molecule has 0 saturated carbocycles. The van der Waals surface area contributed by atoms with Crippen molar-refractivity contribution in [2.24, 2.45) is 5.16 Å². The predicted molar refractivity (Wildman–Crippen MR) is 40.1 cm³/mol. The van der Waals surface area contributed by atoms with E-state index in [4.69, 9.17) is 21.9 Å². The summed E-state index contributed by atoms with van der Waals surface area (Å²) in [5, 5.41) is 19.6. The third-order valence-electron chi connectivity index (χ3n) is 1.05. The predicted octanol–water partition coefficient (Wildman–Crippen LogP) is 1.16. The second-order valence-electron chi connectivity index (χ2n) is 1.79. The van der Waals surface area contributed by atoms with Crippen LogP contribution in [-0.2, 0) is 0 Å². The summed E-state index contributed by atoms with van der Waals surface area (Å²) < 4.78 is 0. The first-order chi connectivity index (χ1) is 5.24. The molecule has 0 aliphatic heterocycles. The molecule has 1 rings (SSSR count). The molecule has 4 nitrogen and oxygen atoms in total. The molecule has 0 aliphatic rings. The first-order valence-corrected chi connectivity index (χ1v) is 3.15. The molecule has 1 aromatic heterocycles. The zero-order valence-corrected chi connectivity index (χ0v) is 6.15. The number of hydrogen-bond acceptors (Lipinski definition) is 4. The second-order valence-corrected chi connectivity index (χ2v) is 2.15. The number of aromatic hydroxyl groups is 1. The summed E-state index contributed by atoms with van der Waals surface area (Å²) in [7, 11) is 0. The molecule has 0 radical (unpaired) electrons. The summed E-state index contributed by atoms with van der Waals surface area (Å²) >= 11 is 5.40. The average Bonchev–Trinajstić information content (AvgIpc) is 2.05. The minimum atomic E-state index is -0.106. The van der Waals surface area contributed by atoms with E-state index >= 15 is 0 Å². The van der Waals surface area contributed by atoms with Crippen LogP contribution < -0.4 is 0 Å². The molecule has 0 amide bonds. The van der Waals surface area contributed by atoms with Crippen LogP contribution in [0.25, 0.3) is 0 Å². The Kier molecular flexibility index (Phi) is 2.28. The van der Waals surface area contributed by atoms with Crippen LogP contribution in [0, 0.1) is 0 Å². The van der Waals surface area contributed by atoms with E-state index in [9.17, 15) is 0 Å². The number of halogens is 1. The number of pyridine rings is 1. The summed E-state index contributed by atoms with van der Waals surface area (Å²) in [6, 6.07) is 2.84. The molecule has 58 valence electrons. The van der Waals surface area contributed by atoms with Crippen LogP contribution in [-0.4, -0.2) is 20.5 Å². The van der Waals surface area contributed by atoms with Crippen molar-refractivity contribution in [3.63, 3.8) is 0 Å². The lowest BCUT2D eigenvalue weighted by Crippen LogP contribution is -1.93. The van der Waals surface area contributed by atoms with Crippen molar-refractivity contribution in [1.29, 1.82) is 0 Å². The topological polar surface area (TPSA) is 65.7 Å². The van der Waals surface area contributed by atoms with Crippen molar-refractivity contribution < 1.29 is 10.3 Å². The number of aromatic nitrogens is 1. The maximum absolute atomic E-state index is 8.80. The highest BCUT2D eigenvalue weighted by atomic mass is 35.5. The summed E-state index contributed by atoms with van der Waals surface area (Å²) in [6.45, 7) is 0. The Balaban J connectivity index is 2.99. The van der Waals surface area contributed by atoms with E-state index in [2.05, 4.69) is 10.1 Å². The summed E-state index contributed by atoms with van der Waals surface area (Å²) in [6.07, 6.45) is 1.21. The van der Waals surface area contributed by atoms with Crippen LogP contribution in [0.2, 0.25) is 0 Å². The maximum atomic E-state index is 8.80. The van der Waals surface area contributed by atoms with Gasteiger partial charge in [0.25, 0.3) is 0 Å². The number of rotatable bonds is 1. The lowest BCUT2D eigenvalue weighted by molar-refractivity contribution is 0.320. The molecule has 0 aliphatic carbocycles. The Morgan fingerprint density at radius 3 is 2.73 bits per heavy atom. The van der Waals surface area contributed by atoms with Gasteiger partial charge in [-0.3, -0.25) is 0 Å². The first-order valence-electron chi connectivity index (χ1n) is 2.77. The Morgan fingerprint density at radius 2 is 2.27 bits per heavy atom. The van der Waals surface area contributed by atoms with E-state index in [-0.39, 0.29) is 10.9 Å². The third kappa shape index (κ3) is 1.81. The molecule has 0 atom stereocenters. The van der Waals surface area contributed by atoms with E-state index in [0.29, 0.717) is 5.69 Å². The maximum Gasteiger partial charge on any atom is 0.193 e. The average molecular weight is 173 g/mol. The summed E-state index contributed by atoms with van der Waals surface area (Å²) in [4.78, 5) is 3.68. The number of hydrogen-bond donors (Lipinski definition) is 2. The van der Waals surface area contributed by atoms with Gasteiger partial charge >= 0.3 is 0 Å². The number of nitrogens with zero attached hydrogens (tertiary/aromatic N) is 2. The quantitative estimate of drug-likeness (QED) is 0.380. The second kappa shape index (κ2) is 3.21. The summed E-state index contributed by atoms with van der Waals surface area (Å²) in [5.74, 6) is 0.0381. The van der Waals surface area contributed by atoms with Crippen molar-refractivity contribution in [3.8, 4) is 5.75 Å². The molecular formula is C6H5ClN2O2. The zero-order chi connectivity index (χ0) is 8.27. The van der Waals surface area contributed by atoms with Crippen LogP contribution in [0.15, 0.2) is 23.5 Å². The van der Waals surface area contributed by atoms with Crippen molar-refractivity contribution in [2.45, 2.75) is 0 Å². The van der Waals surface area contributed by atoms with Crippen LogP contribution in [0.5, 0.6) is 5.75 Å². The first kappa shape index (κ1) is 7.81. The summed E-state index contributed by atoms with van der Waals surface area (Å²) in [5.41, 5.74) is 0.312. The largest absolute Gasteiger partial charge is 0.506 e. The van der Waals surface area contributed by atoms with Gasteiger partial charge in [-0.15, -0.1) is 0 Å². The smallest absolute Gasteiger partial charge is 0.193 e. The molecule has 5 heteroatoms. The SMILES string of the molecule is O/N=C(\Cl)c1ccc(O)cn1. The van der Waals surface area contributed by atoms with Crippen LogP contribution in [0.1, 0.15) is 5.69 Å². The van der Waals surface area contributed by atoms with Gasteiger partial charge in [-0.25, -0.2) is 4.98 Å². The zero-order valence-electron chi connectivity index (χ0n) is 5.40.